The third-order valence-corrected chi connectivity index (χ3v) is 6.82. The van der Waals surface area contributed by atoms with E-state index >= 15 is 0 Å². The van der Waals surface area contributed by atoms with Crippen LogP contribution in [0.2, 0.25) is 0 Å². The number of imide groups is 1. The average Bonchev–Trinajstić information content (AvgIpc) is 2.89. The van der Waals surface area contributed by atoms with E-state index in [1.807, 2.05) is 11.8 Å². The summed E-state index contributed by atoms with van der Waals surface area (Å²) in [6, 6.07) is 6.36. The number of nitrogens with zero attached hydrogens (tertiary/aromatic N) is 3. The topological polar surface area (TPSA) is 78.0 Å². The summed E-state index contributed by atoms with van der Waals surface area (Å²) in [5, 5.41) is 0. The minimum atomic E-state index is -3.52. The molecule has 25 heavy (non-hydrogen) atoms. The van der Waals surface area contributed by atoms with Crippen LogP contribution in [0.5, 0.6) is 0 Å². The SMILES string of the molecule is CCN1C(=O)CC(N2CCN(S(=O)(=O)c3ccc(C)cc3)CC2)C1=O. The van der Waals surface area contributed by atoms with Gasteiger partial charge in [0.1, 0.15) is 0 Å². The Morgan fingerprint density at radius 2 is 1.64 bits per heavy atom. The fourth-order valence-electron chi connectivity index (χ4n) is 3.40. The van der Waals surface area contributed by atoms with Crippen molar-refractivity contribution in [2.75, 3.05) is 32.7 Å². The first-order chi connectivity index (χ1) is 11.8. The van der Waals surface area contributed by atoms with Gasteiger partial charge in [0.25, 0.3) is 0 Å². The molecule has 0 bridgehead atoms. The van der Waals surface area contributed by atoms with Gasteiger partial charge in [-0.15, -0.1) is 0 Å². The molecule has 0 aliphatic carbocycles. The van der Waals surface area contributed by atoms with E-state index in [1.54, 1.807) is 31.2 Å². The number of rotatable bonds is 4. The Morgan fingerprint density at radius 3 is 2.16 bits per heavy atom. The van der Waals surface area contributed by atoms with E-state index in [0.29, 0.717) is 32.7 Å². The number of sulfonamides is 1. The lowest BCUT2D eigenvalue weighted by Gasteiger charge is -2.36. The molecule has 7 nitrogen and oxygen atoms in total. The number of hydrogen-bond donors (Lipinski definition) is 0. The lowest BCUT2D eigenvalue weighted by molar-refractivity contribution is -0.139. The summed E-state index contributed by atoms with van der Waals surface area (Å²) in [6.45, 7) is 5.62. The maximum Gasteiger partial charge on any atom is 0.247 e. The molecule has 0 saturated carbocycles. The van der Waals surface area contributed by atoms with Gasteiger partial charge in [-0.2, -0.15) is 4.31 Å². The number of likely N-dealkylation sites (tertiary alicyclic amines) is 1. The number of carbonyl (C=O) groups excluding carboxylic acids is 2. The third-order valence-electron chi connectivity index (χ3n) is 4.91. The quantitative estimate of drug-likeness (QED) is 0.724. The molecule has 2 saturated heterocycles. The van der Waals surface area contributed by atoms with E-state index in [-0.39, 0.29) is 23.1 Å². The first kappa shape index (κ1) is 18.0. The predicted octanol–water partition coefficient (Wildman–Crippen LogP) is 0.449. The molecule has 0 radical (unpaired) electrons. The summed E-state index contributed by atoms with van der Waals surface area (Å²) in [7, 11) is -3.52. The lowest BCUT2D eigenvalue weighted by Crippen LogP contribution is -2.53. The summed E-state index contributed by atoms with van der Waals surface area (Å²) in [5.41, 5.74) is 1.01. The Balaban J connectivity index is 1.67. The number of aryl methyl sites for hydroxylation is 1. The van der Waals surface area contributed by atoms with E-state index in [0.717, 1.165) is 5.56 Å². The van der Waals surface area contributed by atoms with Gasteiger partial charge in [0, 0.05) is 32.7 Å². The summed E-state index contributed by atoms with van der Waals surface area (Å²) in [4.78, 5) is 27.7. The highest BCUT2D eigenvalue weighted by molar-refractivity contribution is 7.89. The molecule has 3 rings (SSSR count). The Hall–Kier alpha value is -1.77. The Labute approximate surface area is 148 Å². The molecule has 1 unspecified atom stereocenters. The van der Waals surface area contributed by atoms with Crippen LogP contribution in [-0.4, -0.2) is 73.1 Å². The van der Waals surface area contributed by atoms with Gasteiger partial charge in [0.05, 0.1) is 17.4 Å². The fourth-order valence-corrected chi connectivity index (χ4v) is 4.82. The standard InChI is InChI=1S/C17H23N3O4S/c1-3-20-16(21)12-15(17(20)22)18-8-10-19(11-9-18)25(23,24)14-6-4-13(2)5-7-14/h4-7,15H,3,8-12H2,1-2H3. The first-order valence-corrected chi connectivity index (χ1v) is 9.93. The zero-order valence-electron chi connectivity index (χ0n) is 14.5. The van der Waals surface area contributed by atoms with Crippen molar-refractivity contribution in [2.45, 2.75) is 31.2 Å². The number of benzene rings is 1. The predicted molar refractivity (Wildman–Crippen MR) is 92.3 cm³/mol. The third kappa shape index (κ3) is 3.33. The van der Waals surface area contributed by atoms with Crippen LogP contribution in [0.15, 0.2) is 29.2 Å². The summed E-state index contributed by atoms with van der Waals surface area (Å²) >= 11 is 0. The van der Waals surface area contributed by atoms with Crippen LogP contribution < -0.4 is 0 Å². The van der Waals surface area contributed by atoms with E-state index in [9.17, 15) is 18.0 Å². The molecule has 1 atom stereocenters. The molecule has 1 aromatic rings. The highest BCUT2D eigenvalue weighted by Gasteiger charge is 2.42. The fraction of sp³-hybridized carbons (Fsp3) is 0.529. The smallest absolute Gasteiger partial charge is 0.247 e. The van der Waals surface area contributed by atoms with Crippen LogP contribution in [-0.2, 0) is 19.6 Å². The Kier molecular flexibility index (Phi) is 4.95. The number of amides is 2. The van der Waals surface area contributed by atoms with Gasteiger partial charge < -0.3 is 0 Å². The van der Waals surface area contributed by atoms with Crippen LogP contribution in [0.3, 0.4) is 0 Å². The Bertz CT molecular complexity index is 768. The van der Waals surface area contributed by atoms with Crippen molar-refractivity contribution >= 4 is 21.8 Å². The minimum absolute atomic E-state index is 0.146. The maximum atomic E-state index is 12.7. The van der Waals surface area contributed by atoms with E-state index < -0.39 is 16.1 Å². The molecule has 0 N–H and O–H groups in total. The zero-order valence-corrected chi connectivity index (χ0v) is 15.3. The lowest BCUT2D eigenvalue weighted by atomic mass is 10.2. The molecule has 2 amide bonds. The second-order valence-corrected chi connectivity index (χ2v) is 8.39. The molecule has 8 heteroatoms. The van der Waals surface area contributed by atoms with Crippen LogP contribution in [0.4, 0.5) is 0 Å². The van der Waals surface area contributed by atoms with Crippen LogP contribution >= 0.6 is 0 Å². The Morgan fingerprint density at radius 1 is 1.04 bits per heavy atom. The average molecular weight is 365 g/mol. The summed E-state index contributed by atoms with van der Waals surface area (Å²) in [5.74, 6) is -0.311. The molecule has 2 aliphatic rings. The van der Waals surface area contributed by atoms with Gasteiger partial charge in [-0.25, -0.2) is 8.42 Å². The van der Waals surface area contributed by atoms with E-state index in [1.165, 1.54) is 9.21 Å². The number of carbonyl (C=O) groups is 2. The molecule has 2 heterocycles. The second-order valence-electron chi connectivity index (χ2n) is 6.45. The van der Waals surface area contributed by atoms with Crippen LogP contribution in [0.1, 0.15) is 18.9 Å². The highest BCUT2D eigenvalue weighted by Crippen LogP contribution is 2.23. The summed E-state index contributed by atoms with van der Waals surface area (Å²) in [6.07, 6.45) is 0.192. The number of hydrogen-bond acceptors (Lipinski definition) is 5. The molecule has 2 fully saturated rings. The molecule has 2 aliphatic heterocycles. The molecule has 0 aromatic heterocycles. The number of piperazine rings is 1. The highest BCUT2D eigenvalue weighted by atomic mass is 32.2. The maximum absolute atomic E-state index is 12.7. The van der Waals surface area contributed by atoms with Crippen molar-refractivity contribution < 1.29 is 18.0 Å². The molecular weight excluding hydrogens is 342 g/mol. The van der Waals surface area contributed by atoms with Crippen molar-refractivity contribution in [1.29, 1.82) is 0 Å². The molecule has 136 valence electrons. The van der Waals surface area contributed by atoms with Crippen molar-refractivity contribution in [2.24, 2.45) is 0 Å². The summed E-state index contributed by atoms with van der Waals surface area (Å²) < 4.78 is 26.9. The van der Waals surface area contributed by atoms with Gasteiger partial charge >= 0.3 is 0 Å². The normalized spacial score (nSPS) is 23.4. The van der Waals surface area contributed by atoms with Crippen LogP contribution in [0.25, 0.3) is 0 Å². The molecular formula is C17H23N3O4S. The van der Waals surface area contributed by atoms with Gasteiger partial charge in [0.15, 0.2) is 0 Å². The van der Waals surface area contributed by atoms with Crippen molar-refractivity contribution in [3.63, 3.8) is 0 Å². The van der Waals surface area contributed by atoms with Crippen LogP contribution in [0, 0.1) is 6.92 Å². The monoisotopic (exact) mass is 365 g/mol. The number of likely N-dealkylation sites (N-methyl/N-ethyl adjacent to an activating group) is 1. The van der Waals surface area contributed by atoms with E-state index in [4.69, 9.17) is 0 Å². The zero-order chi connectivity index (χ0) is 18.2. The van der Waals surface area contributed by atoms with Gasteiger partial charge in [-0.3, -0.25) is 19.4 Å². The van der Waals surface area contributed by atoms with E-state index in [2.05, 4.69) is 0 Å². The first-order valence-electron chi connectivity index (χ1n) is 8.49. The van der Waals surface area contributed by atoms with Crippen molar-refractivity contribution in [3.8, 4) is 0 Å². The van der Waals surface area contributed by atoms with Gasteiger partial charge in [0.2, 0.25) is 21.8 Å². The van der Waals surface area contributed by atoms with Crippen molar-refractivity contribution in [1.82, 2.24) is 14.1 Å². The molecule has 0 spiro atoms. The minimum Gasteiger partial charge on any atom is -0.289 e. The van der Waals surface area contributed by atoms with Gasteiger partial charge in [-0.05, 0) is 26.0 Å². The van der Waals surface area contributed by atoms with Crippen molar-refractivity contribution in [3.05, 3.63) is 29.8 Å². The molecule has 1 aromatic carbocycles. The second kappa shape index (κ2) is 6.86. The largest absolute Gasteiger partial charge is 0.289 e. The van der Waals surface area contributed by atoms with Gasteiger partial charge in [-0.1, -0.05) is 17.7 Å².